The van der Waals surface area contributed by atoms with Crippen molar-refractivity contribution in [3.63, 3.8) is 0 Å². The molecule has 0 aliphatic carbocycles. The molecular weight excluding hydrogens is 258 g/mol. The average Bonchev–Trinajstić information content (AvgIpc) is 2.17. The molecule has 0 radical (unpaired) electrons. The maximum atomic E-state index is 13.2. The highest BCUT2D eigenvalue weighted by Crippen LogP contribution is 2.38. The minimum Gasteiger partial charge on any atom is -0.495 e. The third-order valence-corrected chi connectivity index (χ3v) is 2.39. The summed E-state index contributed by atoms with van der Waals surface area (Å²) in [4.78, 5) is 0. The molecule has 78 valence electrons. The lowest BCUT2D eigenvalue weighted by Gasteiger charge is -2.17. The van der Waals surface area contributed by atoms with Crippen LogP contribution in [0.4, 0.5) is 8.78 Å². The Balaban J connectivity index is 3.27. The zero-order chi connectivity index (χ0) is 10.8. The van der Waals surface area contributed by atoms with E-state index in [1.165, 1.54) is 19.2 Å². The van der Waals surface area contributed by atoms with Crippen molar-refractivity contribution in [1.29, 1.82) is 0 Å². The number of halogens is 3. The Kier molecular flexibility index (Phi) is 3.44. The van der Waals surface area contributed by atoms with Gasteiger partial charge in [0.2, 0.25) is 0 Å². The van der Waals surface area contributed by atoms with Crippen molar-refractivity contribution in [2.45, 2.75) is 5.92 Å². The van der Waals surface area contributed by atoms with Crippen LogP contribution in [-0.4, -0.2) is 18.8 Å². The number of benzene rings is 1. The summed E-state index contributed by atoms with van der Waals surface area (Å²) in [6.07, 6.45) is 0. The monoisotopic (exact) mass is 266 g/mol. The standard InChI is InChI=1S/C9H9BrF2O2/c1-14-8-6(9(11,12)5-13)3-2-4-7(8)10/h2-4,13H,5H2,1H3. The minimum atomic E-state index is -3.28. The first kappa shape index (κ1) is 11.4. The van der Waals surface area contributed by atoms with Crippen LogP contribution in [0.15, 0.2) is 22.7 Å². The van der Waals surface area contributed by atoms with Gasteiger partial charge in [-0.2, -0.15) is 8.78 Å². The first-order valence-corrected chi connectivity index (χ1v) is 4.64. The van der Waals surface area contributed by atoms with Gasteiger partial charge in [-0.25, -0.2) is 0 Å². The molecule has 0 heterocycles. The smallest absolute Gasteiger partial charge is 0.299 e. The Morgan fingerprint density at radius 1 is 1.50 bits per heavy atom. The van der Waals surface area contributed by atoms with E-state index in [2.05, 4.69) is 15.9 Å². The predicted molar refractivity (Wildman–Crippen MR) is 51.7 cm³/mol. The van der Waals surface area contributed by atoms with Crippen LogP contribution >= 0.6 is 15.9 Å². The summed E-state index contributed by atoms with van der Waals surface area (Å²) in [5.74, 6) is -3.23. The van der Waals surface area contributed by atoms with Gasteiger partial charge >= 0.3 is 0 Å². The third-order valence-electron chi connectivity index (χ3n) is 1.76. The Morgan fingerprint density at radius 3 is 2.64 bits per heavy atom. The molecule has 0 aliphatic heterocycles. The molecule has 0 aliphatic rings. The van der Waals surface area contributed by atoms with Crippen molar-refractivity contribution in [1.82, 2.24) is 0 Å². The SMILES string of the molecule is COc1c(Br)cccc1C(F)(F)CO. The van der Waals surface area contributed by atoms with Crippen LogP contribution in [-0.2, 0) is 5.92 Å². The minimum absolute atomic E-state index is 0.0477. The van der Waals surface area contributed by atoms with Gasteiger partial charge in [0.1, 0.15) is 12.4 Å². The zero-order valence-electron chi connectivity index (χ0n) is 7.43. The topological polar surface area (TPSA) is 29.5 Å². The molecule has 5 heteroatoms. The number of ether oxygens (including phenoxy) is 1. The Morgan fingerprint density at radius 2 is 2.14 bits per heavy atom. The second kappa shape index (κ2) is 4.23. The second-order valence-electron chi connectivity index (χ2n) is 2.68. The largest absolute Gasteiger partial charge is 0.495 e. The van der Waals surface area contributed by atoms with Gasteiger partial charge in [0.15, 0.2) is 0 Å². The van der Waals surface area contributed by atoms with E-state index in [1.54, 1.807) is 6.07 Å². The van der Waals surface area contributed by atoms with Crippen LogP contribution in [0, 0.1) is 0 Å². The lowest BCUT2D eigenvalue weighted by atomic mass is 10.1. The first-order valence-electron chi connectivity index (χ1n) is 3.84. The Labute approximate surface area is 88.6 Å². The number of hydrogen-bond acceptors (Lipinski definition) is 2. The molecule has 0 spiro atoms. The van der Waals surface area contributed by atoms with E-state index >= 15 is 0 Å². The highest BCUT2D eigenvalue weighted by Gasteiger charge is 2.34. The quantitative estimate of drug-likeness (QED) is 0.911. The molecule has 0 saturated heterocycles. The highest BCUT2D eigenvalue weighted by atomic mass is 79.9. The predicted octanol–water partition coefficient (Wildman–Crippen LogP) is 2.54. The van der Waals surface area contributed by atoms with Gasteiger partial charge in [0.05, 0.1) is 17.1 Å². The van der Waals surface area contributed by atoms with Crippen molar-refractivity contribution < 1.29 is 18.6 Å². The van der Waals surface area contributed by atoms with Crippen molar-refractivity contribution in [3.05, 3.63) is 28.2 Å². The fraction of sp³-hybridized carbons (Fsp3) is 0.333. The number of rotatable bonds is 3. The number of hydrogen-bond donors (Lipinski definition) is 1. The maximum Gasteiger partial charge on any atom is 0.299 e. The fourth-order valence-electron chi connectivity index (χ4n) is 1.09. The lowest BCUT2D eigenvalue weighted by Crippen LogP contribution is -2.19. The van der Waals surface area contributed by atoms with Gasteiger partial charge in [-0.15, -0.1) is 0 Å². The molecule has 2 nitrogen and oxygen atoms in total. The third kappa shape index (κ3) is 2.04. The molecular formula is C9H9BrF2O2. The van der Waals surface area contributed by atoms with Gasteiger partial charge in [-0.05, 0) is 28.1 Å². The van der Waals surface area contributed by atoms with E-state index in [0.717, 1.165) is 0 Å². The molecule has 0 atom stereocenters. The molecule has 1 rings (SSSR count). The van der Waals surface area contributed by atoms with Crippen LogP contribution in [0.3, 0.4) is 0 Å². The summed E-state index contributed by atoms with van der Waals surface area (Å²) in [6.45, 7) is -1.24. The van der Waals surface area contributed by atoms with Gasteiger partial charge in [-0.3, -0.25) is 0 Å². The van der Waals surface area contributed by atoms with Crippen LogP contribution in [0.2, 0.25) is 0 Å². The van der Waals surface area contributed by atoms with E-state index in [-0.39, 0.29) is 11.3 Å². The van der Waals surface area contributed by atoms with E-state index in [0.29, 0.717) is 4.47 Å². The normalized spacial score (nSPS) is 11.5. The van der Waals surface area contributed by atoms with Crippen molar-refractivity contribution in [2.75, 3.05) is 13.7 Å². The summed E-state index contributed by atoms with van der Waals surface area (Å²) in [7, 11) is 1.30. The number of methoxy groups -OCH3 is 1. The summed E-state index contributed by atoms with van der Waals surface area (Å²) >= 11 is 3.09. The summed E-state index contributed by atoms with van der Waals surface area (Å²) in [5.41, 5.74) is -0.322. The van der Waals surface area contributed by atoms with E-state index < -0.39 is 12.5 Å². The first-order chi connectivity index (χ1) is 6.53. The van der Waals surface area contributed by atoms with Crippen molar-refractivity contribution in [3.8, 4) is 5.75 Å². The van der Waals surface area contributed by atoms with Crippen LogP contribution in [0.5, 0.6) is 5.75 Å². The van der Waals surface area contributed by atoms with Gasteiger partial charge in [0.25, 0.3) is 5.92 Å². The maximum absolute atomic E-state index is 13.2. The van der Waals surface area contributed by atoms with Gasteiger partial charge in [-0.1, -0.05) is 6.07 Å². The van der Waals surface area contributed by atoms with Gasteiger partial charge < -0.3 is 9.84 Å². The molecule has 0 fully saturated rings. The summed E-state index contributed by atoms with van der Waals surface area (Å²) in [5, 5.41) is 8.54. The number of para-hydroxylation sites is 1. The van der Waals surface area contributed by atoms with E-state index in [9.17, 15) is 8.78 Å². The van der Waals surface area contributed by atoms with Crippen LogP contribution < -0.4 is 4.74 Å². The number of alkyl halides is 2. The Hall–Kier alpha value is -0.680. The molecule has 14 heavy (non-hydrogen) atoms. The fourth-order valence-corrected chi connectivity index (χ4v) is 1.62. The van der Waals surface area contributed by atoms with Gasteiger partial charge in [0, 0.05) is 0 Å². The van der Waals surface area contributed by atoms with Crippen LogP contribution in [0.1, 0.15) is 5.56 Å². The van der Waals surface area contributed by atoms with E-state index in [1.807, 2.05) is 0 Å². The summed E-state index contributed by atoms with van der Waals surface area (Å²) < 4.78 is 31.6. The van der Waals surface area contributed by atoms with Crippen molar-refractivity contribution >= 4 is 15.9 Å². The number of aliphatic hydroxyl groups excluding tert-OH is 1. The molecule has 0 unspecified atom stereocenters. The van der Waals surface area contributed by atoms with Crippen LogP contribution in [0.25, 0.3) is 0 Å². The number of aliphatic hydroxyl groups is 1. The Bertz CT molecular complexity index is 329. The second-order valence-corrected chi connectivity index (χ2v) is 3.54. The molecule has 1 aromatic carbocycles. The molecule has 1 aromatic rings. The van der Waals surface area contributed by atoms with Crippen molar-refractivity contribution in [2.24, 2.45) is 0 Å². The highest BCUT2D eigenvalue weighted by molar-refractivity contribution is 9.10. The molecule has 0 amide bonds. The molecule has 0 aromatic heterocycles. The average molecular weight is 267 g/mol. The molecule has 1 N–H and O–H groups in total. The zero-order valence-corrected chi connectivity index (χ0v) is 9.01. The molecule has 0 bridgehead atoms. The molecule has 0 saturated carbocycles. The summed E-state index contributed by atoms with van der Waals surface area (Å²) in [6, 6.07) is 4.28. The lowest BCUT2D eigenvalue weighted by molar-refractivity contribution is -0.0571. The van der Waals surface area contributed by atoms with E-state index in [4.69, 9.17) is 9.84 Å².